The smallest absolute Gasteiger partial charge is 0.319 e. The number of amides is 2. The highest BCUT2D eigenvalue weighted by atomic mass is 16.2. The topological polar surface area (TPSA) is 41.1 Å². The van der Waals surface area contributed by atoms with Crippen LogP contribution in [0, 0.1) is 13.8 Å². The fourth-order valence-corrected chi connectivity index (χ4v) is 1.71. The number of nitrogens with one attached hydrogen (secondary N) is 2. The number of carbonyl (C=O) groups is 1. The second kappa shape index (κ2) is 6.28. The van der Waals surface area contributed by atoms with E-state index in [4.69, 9.17) is 0 Å². The van der Waals surface area contributed by atoms with Crippen LogP contribution in [0.4, 0.5) is 10.5 Å². The number of urea groups is 1. The lowest BCUT2D eigenvalue weighted by Crippen LogP contribution is -2.37. The molecule has 0 fully saturated rings. The lowest BCUT2D eigenvalue weighted by Gasteiger charge is -2.16. The molecule has 1 rings (SSSR count). The fourth-order valence-electron chi connectivity index (χ4n) is 1.71. The van der Waals surface area contributed by atoms with E-state index in [0.29, 0.717) is 0 Å². The van der Waals surface area contributed by atoms with Gasteiger partial charge in [0.15, 0.2) is 0 Å². The minimum Gasteiger partial charge on any atom is -0.335 e. The largest absolute Gasteiger partial charge is 0.335 e. The summed E-state index contributed by atoms with van der Waals surface area (Å²) in [7, 11) is 0. The summed E-state index contributed by atoms with van der Waals surface area (Å²) in [4.78, 5) is 11.8. The van der Waals surface area contributed by atoms with Crippen LogP contribution in [0.3, 0.4) is 0 Å². The van der Waals surface area contributed by atoms with Crippen molar-refractivity contribution in [2.75, 3.05) is 5.32 Å². The zero-order valence-electron chi connectivity index (χ0n) is 11.1. The van der Waals surface area contributed by atoms with Gasteiger partial charge in [0.2, 0.25) is 0 Å². The number of aryl methyl sites for hydroxylation is 2. The molecule has 0 aliphatic rings. The molecule has 94 valence electrons. The Morgan fingerprint density at radius 3 is 2.47 bits per heavy atom. The highest BCUT2D eigenvalue weighted by Gasteiger charge is 2.09. The van der Waals surface area contributed by atoms with Crippen molar-refractivity contribution in [3.05, 3.63) is 29.3 Å². The molecule has 0 aliphatic heterocycles. The highest BCUT2D eigenvalue weighted by molar-refractivity contribution is 5.90. The van der Waals surface area contributed by atoms with Crippen molar-refractivity contribution in [2.45, 2.75) is 46.6 Å². The molecular formula is C14H22N2O. The van der Waals surface area contributed by atoms with Crippen LogP contribution in [-0.4, -0.2) is 12.1 Å². The van der Waals surface area contributed by atoms with Crippen molar-refractivity contribution >= 4 is 11.7 Å². The third-order valence-electron chi connectivity index (χ3n) is 2.96. The first-order valence-electron chi connectivity index (χ1n) is 6.21. The maximum atomic E-state index is 11.8. The maximum Gasteiger partial charge on any atom is 0.319 e. The maximum absolute atomic E-state index is 11.8. The second-order valence-corrected chi connectivity index (χ2v) is 4.43. The molecule has 0 aliphatic carbocycles. The van der Waals surface area contributed by atoms with Gasteiger partial charge < -0.3 is 10.6 Å². The summed E-state index contributed by atoms with van der Waals surface area (Å²) in [6.07, 6.45) is 1.91. The molecule has 17 heavy (non-hydrogen) atoms. The Bertz CT molecular complexity index is 384. The molecule has 0 saturated carbocycles. The Labute approximate surface area is 104 Å². The van der Waals surface area contributed by atoms with Crippen molar-refractivity contribution in [3.63, 3.8) is 0 Å². The number of carbonyl (C=O) groups excluding carboxylic acids is 1. The van der Waals surface area contributed by atoms with Gasteiger partial charge in [-0.15, -0.1) is 0 Å². The zero-order valence-corrected chi connectivity index (χ0v) is 11.1. The van der Waals surface area contributed by atoms with E-state index in [-0.39, 0.29) is 12.1 Å². The van der Waals surface area contributed by atoms with Gasteiger partial charge in [-0.3, -0.25) is 0 Å². The summed E-state index contributed by atoms with van der Waals surface area (Å²) in [6.45, 7) is 8.16. The highest BCUT2D eigenvalue weighted by Crippen LogP contribution is 2.16. The summed E-state index contributed by atoms with van der Waals surface area (Å²) < 4.78 is 0. The summed E-state index contributed by atoms with van der Waals surface area (Å²) >= 11 is 0. The van der Waals surface area contributed by atoms with Gasteiger partial charge in [0, 0.05) is 11.7 Å². The summed E-state index contributed by atoms with van der Waals surface area (Å²) in [5.74, 6) is 0. The molecule has 0 spiro atoms. The van der Waals surface area contributed by atoms with E-state index in [0.717, 1.165) is 29.7 Å². The van der Waals surface area contributed by atoms with Crippen LogP contribution in [0.15, 0.2) is 18.2 Å². The van der Waals surface area contributed by atoms with Crippen LogP contribution in [-0.2, 0) is 0 Å². The van der Waals surface area contributed by atoms with Crippen LogP contribution in [0.1, 0.15) is 37.8 Å². The molecule has 0 aromatic heterocycles. The third kappa shape index (κ3) is 4.10. The average molecular weight is 234 g/mol. The summed E-state index contributed by atoms with van der Waals surface area (Å²) in [5, 5.41) is 5.86. The van der Waals surface area contributed by atoms with E-state index in [1.165, 1.54) is 0 Å². The minimum atomic E-state index is -0.118. The Kier molecular flexibility index (Phi) is 5.01. The van der Waals surface area contributed by atoms with Gasteiger partial charge in [0.25, 0.3) is 0 Å². The molecular weight excluding hydrogens is 212 g/mol. The molecule has 0 unspecified atom stereocenters. The average Bonchev–Trinajstić information content (AvgIpc) is 2.31. The first-order chi connectivity index (χ1) is 8.06. The van der Waals surface area contributed by atoms with Crippen molar-refractivity contribution in [2.24, 2.45) is 0 Å². The van der Waals surface area contributed by atoms with Crippen LogP contribution in [0.2, 0.25) is 0 Å². The van der Waals surface area contributed by atoms with Crippen molar-refractivity contribution < 1.29 is 4.79 Å². The molecule has 0 saturated heterocycles. The van der Waals surface area contributed by atoms with Gasteiger partial charge in [0.1, 0.15) is 0 Å². The van der Waals surface area contributed by atoms with Gasteiger partial charge in [-0.05, 0) is 43.9 Å². The molecule has 0 bridgehead atoms. The van der Waals surface area contributed by atoms with Crippen LogP contribution in [0.25, 0.3) is 0 Å². The molecule has 2 amide bonds. The summed E-state index contributed by atoms with van der Waals surface area (Å²) in [6, 6.07) is 6.18. The molecule has 3 nitrogen and oxygen atoms in total. The van der Waals surface area contributed by atoms with E-state index in [2.05, 4.69) is 24.5 Å². The van der Waals surface area contributed by atoms with Gasteiger partial charge in [0.05, 0.1) is 0 Å². The number of benzene rings is 1. The van der Waals surface area contributed by atoms with E-state index in [1.54, 1.807) is 0 Å². The normalized spacial score (nSPS) is 10.4. The van der Waals surface area contributed by atoms with E-state index < -0.39 is 0 Å². The van der Waals surface area contributed by atoms with Crippen molar-refractivity contribution in [1.82, 2.24) is 5.32 Å². The van der Waals surface area contributed by atoms with E-state index >= 15 is 0 Å². The van der Waals surface area contributed by atoms with Gasteiger partial charge in [-0.2, -0.15) is 0 Å². The van der Waals surface area contributed by atoms with E-state index in [9.17, 15) is 4.79 Å². The second-order valence-electron chi connectivity index (χ2n) is 4.43. The van der Waals surface area contributed by atoms with Gasteiger partial charge >= 0.3 is 6.03 Å². The molecule has 0 atom stereocenters. The molecule has 0 radical (unpaired) electrons. The SMILES string of the molecule is CCC(CC)NC(=O)Nc1cc(C)ccc1C. The summed E-state index contributed by atoms with van der Waals surface area (Å²) in [5.41, 5.74) is 3.11. The Morgan fingerprint density at radius 2 is 1.88 bits per heavy atom. The number of anilines is 1. The number of rotatable bonds is 4. The monoisotopic (exact) mass is 234 g/mol. The Morgan fingerprint density at radius 1 is 1.24 bits per heavy atom. The predicted octanol–water partition coefficient (Wildman–Crippen LogP) is 3.61. The van der Waals surface area contributed by atoms with Crippen LogP contribution in [0.5, 0.6) is 0 Å². The quantitative estimate of drug-likeness (QED) is 0.821. The zero-order chi connectivity index (χ0) is 12.8. The van der Waals surface area contributed by atoms with Crippen molar-refractivity contribution in [3.8, 4) is 0 Å². The van der Waals surface area contributed by atoms with Crippen LogP contribution < -0.4 is 10.6 Å². The van der Waals surface area contributed by atoms with Crippen LogP contribution >= 0.6 is 0 Å². The number of hydrogen-bond donors (Lipinski definition) is 2. The molecule has 1 aromatic carbocycles. The third-order valence-corrected chi connectivity index (χ3v) is 2.96. The number of hydrogen-bond acceptors (Lipinski definition) is 1. The predicted molar refractivity (Wildman–Crippen MR) is 72.4 cm³/mol. The van der Waals surface area contributed by atoms with Gasteiger partial charge in [-0.25, -0.2) is 4.79 Å². The minimum absolute atomic E-state index is 0.118. The molecule has 1 aromatic rings. The van der Waals surface area contributed by atoms with Gasteiger partial charge in [-0.1, -0.05) is 26.0 Å². The van der Waals surface area contributed by atoms with Crippen molar-refractivity contribution in [1.29, 1.82) is 0 Å². The molecule has 3 heteroatoms. The fraction of sp³-hybridized carbons (Fsp3) is 0.500. The first kappa shape index (κ1) is 13.6. The first-order valence-corrected chi connectivity index (χ1v) is 6.21. The molecule has 0 heterocycles. The Hall–Kier alpha value is -1.51. The lowest BCUT2D eigenvalue weighted by molar-refractivity contribution is 0.247. The molecule has 2 N–H and O–H groups in total. The van der Waals surface area contributed by atoms with E-state index in [1.807, 2.05) is 32.0 Å². The Balaban J connectivity index is 2.64. The standard InChI is InChI=1S/C14H22N2O/c1-5-12(6-2)15-14(17)16-13-9-10(3)7-8-11(13)4/h7-9,12H,5-6H2,1-4H3,(H2,15,16,17). The lowest BCUT2D eigenvalue weighted by atomic mass is 10.1.